The van der Waals surface area contributed by atoms with Crippen LogP contribution in [0.5, 0.6) is 0 Å². The van der Waals surface area contributed by atoms with E-state index in [1.54, 1.807) is 30.3 Å². The van der Waals surface area contributed by atoms with Crippen molar-refractivity contribution in [3.05, 3.63) is 35.9 Å². The Labute approximate surface area is 162 Å². The highest BCUT2D eigenvalue weighted by molar-refractivity contribution is 6.76. The van der Waals surface area contributed by atoms with E-state index in [0.29, 0.717) is 5.56 Å². The molecule has 0 bridgehead atoms. The molecule has 1 saturated heterocycles. The van der Waals surface area contributed by atoms with Gasteiger partial charge in [-0.15, -0.1) is 0 Å². The second-order valence-electron chi connectivity index (χ2n) is 6.11. The van der Waals surface area contributed by atoms with Gasteiger partial charge < -0.3 is 14.2 Å². The number of hydrogen-bond donors (Lipinski definition) is 1. The average molecular weight is 409 g/mol. The summed E-state index contributed by atoms with van der Waals surface area (Å²) in [6.45, 7) is 5.81. The maximum absolute atomic E-state index is 12.4. The fourth-order valence-corrected chi connectivity index (χ4v) is 2.73. The first-order valence-electron chi connectivity index (χ1n) is 7.85. The van der Waals surface area contributed by atoms with Crippen LogP contribution in [0.1, 0.15) is 31.1 Å². The van der Waals surface area contributed by atoms with Gasteiger partial charge in [0.15, 0.2) is 6.10 Å². The summed E-state index contributed by atoms with van der Waals surface area (Å²) in [6, 6.07) is 8.61. The molecule has 1 aliphatic heterocycles. The van der Waals surface area contributed by atoms with E-state index in [0.717, 1.165) is 0 Å². The second-order valence-corrected chi connectivity index (χ2v) is 8.39. The number of esters is 1. The van der Waals surface area contributed by atoms with E-state index in [1.807, 2.05) is 20.8 Å². The summed E-state index contributed by atoms with van der Waals surface area (Å²) in [5.74, 6) is -1.06. The smallest absolute Gasteiger partial charge is 0.338 e. The van der Waals surface area contributed by atoms with Gasteiger partial charge in [0.05, 0.1) is 11.7 Å². The standard InChI is InChI=1S/C17H20Cl3NO4/c1-9-10(2)13(24-14(22)12-7-5-4-6-8-12)15(23-11(9)3)25-16(21)17(18,19)20/h4-11,13,15,21H,1-3H3/t9-,10+,11?,13?,15+/m1/s1. The third kappa shape index (κ3) is 5.00. The molecule has 0 radical (unpaired) electrons. The lowest BCUT2D eigenvalue weighted by atomic mass is 9.84. The molecule has 1 fully saturated rings. The fourth-order valence-electron chi connectivity index (χ4n) is 2.59. The molecule has 0 aromatic heterocycles. The van der Waals surface area contributed by atoms with Crippen LogP contribution < -0.4 is 0 Å². The molecule has 2 rings (SSSR count). The summed E-state index contributed by atoms with van der Waals surface area (Å²) in [5, 5.41) is 7.76. The summed E-state index contributed by atoms with van der Waals surface area (Å²) in [6.07, 6.45) is -1.95. The predicted octanol–water partition coefficient (Wildman–Crippen LogP) is 4.59. The van der Waals surface area contributed by atoms with Gasteiger partial charge in [-0.3, -0.25) is 5.41 Å². The first kappa shape index (κ1) is 20.3. The minimum absolute atomic E-state index is 0.0791. The van der Waals surface area contributed by atoms with Crippen LogP contribution in [-0.2, 0) is 14.2 Å². The van der Waals surface area contributed by atoms with Crippen LogP contribution in [0, 0.1) is 17.2 Å². The minimum Gasteiger partial charge on any atom is -0.452 e. The van der Waals surface area contributed by atoms with Gasteiger partial charge in [0.2, 0.25) is 12.2 Å². The van der Waals surface area contributed by atoms with Gasteiger partial charge in [0.25, 0.3) is 3.79 Å². The Balaban J connectivity index is 2.19. The number of ether oxygens (including phenoxy) is 3. The molecular formula is C17H20Cl3NO4. The van der Waals surface area contributed by atoms with E-state index in [1.165, 1.54) is 0 Å². The largest absolute Gasteiger partial charge is 0.452 e. The van der Waals surface area contributed by atoms with Crippen molar-refractivity contribution in [1.29, 1.82) is 5.41 Å². The van der Waals surface area contributed by atoms with Crippen molar-refractivity contribution in [3.8, 4) is 0 Å². The molecule has 25 heavy (non-hydrogen) atoms. The number of benzene rings is 1. The van der Waals surface area contributed by atoms with E-state index in [-0.39, 0.29) is 17.9 Å². The number of carbonyl (C=O) groups is 1. The molecule has 0 spiro atoms. The second kappa shape index (κ2) is 8.12. The molecule has 1 aromatic rings. The van der Waals surface area contributed by atoms with Crippen molar-refractivity contribution in [3.63, 3.8) is 0 Å². The maximum atomic E-state index is 12.4. The normalized spacial score (nSPS) is 29.8. The number of nitrogens with one attached hydrogen (secondary N) is 1. The topological polar surface area (TPSA) is 68.6 Å². The molecular weight excluding hydrogens is 389 g/mol. The molecule has 0 saturated carbocycles. The Morgan fingerprint density at radius 3 is 2.24 bits per heavy atom. The molecule has 0 aliphatic carbocycles. The van der Waals surface area contributed by atoms with E-state index in [4.69, 9.17) is 54.4 Å². The van der Waals surface area contributed by atoms with Gasteiger partial charge in [-0.05, 0) is 25.0 Å². The monoisotopic (exact) mass is 407 g/mol. The average Bonchev–Trinajstić information content (AvgIpc) is 2.56. The molecule has 138 valence electrons. The predicted molar refractivity (Wildman–Crippen MR) is 97.4 cm³/mol. The molecule has 1 N–H and O–H groups in total. The summed E-state index contributed by atoms with van der Waals surface area (Å²) >= 11 is 17.0. The van der Waals surface area contributed by atoms with Crippen LogP contribution in [0.2, 0.25) is 0 Å². The van der Waals surface area contributed by atoms with Gasteiger partial charge >= 0.3 is 5.97 Å². The molecule has 1 heterocycles. The van der Waals surface area contributed by atoms with Gasteiger partial charge in [0, 0.05) is 5.92 Å². The zero-order valence-corrected chi connectivity index (χ0v) is 16.3. The summed E-state index contributed by atoms with van der Waals surface area (Å²) in [5.41, 5.74) is 0.413. The Kier molecular flexibility index (Phi) is 6.60. The van der Waals surface area contributed by atoms with E-state index in [2.05, 4.69) is 0 Å². The number of halogens is 3. The first-order chi connectivity index (χ1) is 11.6. The lowest BCUT2D eigenvalue weighted by molar-refractivity contribution is -0.238. The fraction of sp³-hybridized carbons (Fsp3) is 0.529. The molecule has 8 heteroatoms. The zero-order chi connectivity index (χ0) is 18.8. The summed E-state index contributed by atoms with van der Waals surface area (Å²) in [4.78, 5) is 12.4. The molecule has 1 aromatic carbocycles. The molecule has 2 unspecified atom stereocenters. The van der Waals surface area contributed by atoms with Crippen LogP contribution in [-0.4, -0.2) is 34.2 Å². The lowest BCUT2D eigenvalue weighted by Gasteiger charge is -2.42. The summed E-state index contributed by atoms with van der Waals surface area (Å²) < 4.78 is 14.7. The Morgan fingerprint density at radius 2 is 1.68 bits per heavy atom. The van der Waals surface area contributed by atoms with E-state index >= 15 is 0 Å². The van der Waals surface area contributed by atoms with Gasteiger partial charge in [-0.1, -0.05) is 66.8 Å². The third-order valence-electron chi connectivity index (χ3n) is 4.45. The quantitative estimate of drug-likeness (QED) is 0.344. The third-order valence-corrected chi connectivity index (χ3v) is 4.96. The van der Waals surface area contributed by atoms with Crippen molar-refractivity contribution in [2.24, 2.45) is 11.8 Å². The van der Waals surface area contributed by atoms with E-state index < -0.39 is 28.1 Å². The van der Waals surface area contributed by atoms with Crippen molar-refractivity contribution in [2.45, 2.75) is 43.1 Å². The SMILES string of the molecule is CC1O[C@@H](OC(=N)C(Cl)(Cl)Cl)C(OC(=O)c2ccccc2)[C@@H](C)[C@H]1C. The molecule has 5 nitrogen and oxygen atoms in total. The molecule has 0 amide bonds. The number of alkyl halides is 3. The van der Waals surface area contributed by atoms with Gasteiger partial charge in [-0.2, -0.15) is 0 Å². The highest BCUT2D eigenvalue weighted by Crippen LogP contribution is 2.36. The highest BCUT2D eigenvalue weighted by Gasteiger charge is 2.45. The highest BCUT2D eigenvalue weighted by atomic mass is 35.6. The lowest BCUT2D eigenvalue weighted by Crippen LogP contribution is -2.52. The number of carbonyl (C=O) groups excluding carboxylic acids is 1. The minimum atomic E-state index is -2.02. The van der Waals surface area contributed by atoms with Gasteiger partial charge in [0.1, 0.15) is 0 Å². The van der Waals surface area contributed by atoms with Crippen molar-refractivity contribution < 1.29 is 19.0 Å². The van der Waals surface area contributed by atoms with Crippen molar-refractivity contribution >= 4 is 46.7 Å². The Hall–Kier alpha value is -1.01. The van der Waals surface area contributed by atoms with Crippen LogP contribution in [0.15, 0.2) is 30.3 Å². The van der Waals surface area contributed by atoms with Crippen LogP contribution >= 0.6 is 34.8 Å². The van der Waals surface area contributed by atoms with Crippen LogP contribution in [0.3, 0.4) is 0 Å². The van der Waals surface area contributed by atoms with Crippen molar-refractivity contribution in [1.82, 2.24) is 0 Å². The first-order valence-corrected chi connectivity index (χ1v) is 8.98. The zero-order valence-electron chi connectivity index (χ0n) is 14.0. The number of rotatable bonds is 3. The molecule has 5 atom stereocenters. The van der Waals surface area contributed by atoms with Crippen LogP contribution in [0.25, 0.3) is 0 Å². The Morgan fingerprint density at radius 1 is 1.08 bits per heavy atom. The van der Waals surface area contributed by atoms with E-state index in [9.17, 15) is 4.79 Å². The Bertz CT molecular complexity index is 620. The van der Waals surface area contributed by atoms with Gasteiger partial charge in [-0.25, -0.2) is 4.79 Å². The maximum Gasteiger partial charge on any atom is 0.338 e. The van der Waals surface area contributed by atoms with Crippen LogP contribution in [0.4, 0.5) is 0 Å². The number of hydrogen-bond acceptors (Lipinski definition) is 5. The van der Waals surface area contributed by atoms with Crippen molar-refractivity contribution in [2.75, 3.05) is 0 Å². The molecule has 1 aliphatic rings. The summed E-state index contributed by atoms with van der Waals surface area (Å²) in [7, 11) is 0.